The van der Waals surface area contributed by atoms with Gasteiger partial charge in [0.2, 0.25) is 0 Å². The fraction of sp³-hybridized carbons (Fsp3) is 0.600. The van der Waals surface area contributed by atoms with Gasteiger partial charge in [0.1, 0.15) is 4.90 Å². The Morgan fingerprint density at radius 3 is 2.56 bits per heavy atom. The summed E-state index contributed by atoms with van der Waals surface area (Å²) >= 11 is 0. The third-order valence-electron chi connectivity index (χ3n) is 2.47. The van der Waals surface area contributed by atoms with Crippen molar-refractivity contribution in [1.29, 1.82) is 0 Å². The van der Waals surface area contributed by atoms with Crippen LogP contribution in [0.25, 0.3) is 0 Å². The molecule has 0 aliphatic carbocycles. The second kappa shape index (κ2) is 5.71. The highest BCUT2D eigenvalue weighted by Crippen LogP contribution is 2.23. The Bertz CT molecular complexity index is 538. The van der Waals surface area contributed by atoms with Crippen molar-refractivity contribution in [3.05, 3.63) is 11.4 Å². The van der Waals surface area contributed by atoms with Crippen molar-refractivity contribution in [3.8, 4) is 0 Å². The maximum Gasteiger partial charge on any atom is 0.360 e. The van der Waals surface area contributed by atoms with E-state index in [1.807, 2.05) is 6.92 Å². The molecule has 0 saturated heterocycles. The number of esters is 1. The van der Waals surface area contributed by atoms with E-state index in [9.17, 15) is 13.2 Å². The molecule has 1 aromatic rings. The van der Waals surface area contributed by atoms with Gasteiger partial charge < -0.3 is 4.74 Å². The Balaban J connectivity index is 3.18. The first kappa shape index (κ1) is 15.0. The molecule has 18 heavy (non-hydrogen) atoms. The van der Waals surface area contributed by atoms with E-state index in [0.717, 1.165) is 0 Å². The molecule has 0 spiro atoms. The predicted molar refractivity (Wildman–Crippen MR) is 66.2 cm³/mol. The number of hydrogen-bond donors (Lipinski definition) is 1. The smallest absolute Gasteiger partial charge is 0.360 e. The highest BCUT2D eigenvalue weighted by molar-refractivity contribution is 8.13. The minimum Gasteiger partial charge on any atom is -0.458 e. The van der Waals surface area contributed by atoms with Gasteiger partial charge in [-0.25, -0.2) is 13.2 Å². The van der Waals surface area contributed by atoms with Crippen LogP contribution in [0.5, 0.6) is 0 Å². The van der Waals surface area contributed by atoms with E-state index in [2.05, 4.69) is 10.2 Å². The Hall–Kier alpha value is -1.08. The largest absolute Gasteiger partial charge is 0.458 e. The van der Waals surface area contributed by atoms with Crippen molar-refractivity contribution >= 4 is 25.7 Å². The average molecular weight is 295 g/mol. The number of aromatic nitrogens is 2. The average Bonchev–Trinajstić information content (AvgIpc) is 2.72. The van der Waals surface area contributed by atoms with Gasteiger partial charge in [0.25, 0.3) is 9.05 Å². The number of halogens is 1. The number of nitrogens with one attached hydrogen (secondary N) is 1. The van der Waals surface area contributed by atoms with Crippen molar-refractivity contribution in [2.45, 2.75) is 44.6 Å². The SMILES string of the molecule is CCc1[nH]nc(C(=O)OC(C)CC)c1S(=O)(=O)Cl. The van der Waals surface area contributed by atoms with Crippen LogP contribution in [0, 0.1) is 0 Å². The molecule has 1 atom stereocenters. The minimum atomic E-state index is -4.04. The van der Waals surface area contributed by atoms with Crippen LogP contribution >= 0.6 is 10.7 Å². The molecule has 1 rings (SSSR count). The molecule has 102 valence electrons. The zero-order valence-electron chi connectivity index (χ0n) is 10.4. The molecular formula is C10H15ClN2O4S. The fourth-order valence-corrected chi connectivity index (χ4v) is 2.67. The normalized spacial score (nSPS) is 13.3. The van der Waals surface area contributed by atoms with Crippen LogP contribution in [-0.4, -0.2) is 30.7 Å². The molecule has 0 aliphatic rings. The van der Waals surface area contributed by atoms with Gasteiger partial charge in [-0.2, -0.15) is 5.10 Å². The summed E-state index contributed by atoms with van der Waals surface area (Å²) < 4.78 is 27.9. The molecule has 1 unspecified atom stereocenters. The van der Waals surface area contributed by atoms with Crippen molar-refractivity contribution in [3.63, 3.8) is 0 Å². The van der Waals surface area contributed by atoms with Crippen LogP contribution in [0.3, 0.4) is 0 Å². The van der Waals surface area contributed by atoms with Gasteiger partial charge in [0.05, 0.1) is 11.8 Å². The maximum atomic E-state index is 11.8. The number of nitrogens with zero attached hydrogens (tertiary/aromatic N) is 1. The van der Waals surface area contributed by atoms with Crippen LogP contribution in [0.15, 0.2) is 4.90 Å². The maximum absolute atomic E-state index is 11.8. The molecule has 0 bridgehead atoms. The second-order valence-corrected chi connectivity index (χ2v) is 6.30. The number of hydrogen-bond acceptors (Lipinski definition) is 5. The van der Waals surface area contributed by atoms with Crippen LogP contribution in [0.4, 0.5) is 0 Å². The van der Waals surface area contributed by atoms with Crippen LogP contribution in [0.2, 0.25) is 0 Å². The van der Waals surface area contributed by atoms with E-state index >= 15 is 0 Å². The Kier molecular flexibility index (Phi) is 4.75. The lowest BCUT2D eigenvalue weighted by Crippen LogP contribution is -2.16. The van der Waals surface area contributed by atoms with Gasteiger partial charge in [-0.3, -0.25) is 5.10 Å². The van der Waals surface area contributed by atoms with E-state index < -0.39 is 15.0 Å². The molecule has 0 aromatic carbocycles. The third-order valence-corrected chi connectivity index (χ3v) is 3.86. The Morgan fingerprint density at radius 1 is 1.50 bits per heavy atom. The number of aromatic amines is 1. The fourth-order valence-electron chi connectivity index (χ4n) is 1.33. The second-order valence-electron chi connectivity index (χ2n) is 3.80. The number of carbonyl (C=O) groups excluding carboxylic acids is 1. The topological polar surface area (TPSA) is 89.1 Å². The lowest BCUT2D eigenvalue weighted by Gasteiger charge is -2.09. The standard InChI is InChI=1S/C10H15ClN2O4S/c1-4-6(3)17-10(14)8-9(18(11,15)16)7(5-2)12-13-8/h6H,4-5H2,1-3H3,(H,12,13). The summed E-state index contributed by atoms with van der Waals surface area (Å²) in [5.74, 6) is -0.792. The van der Waals surface area contributed by atoms with Crippen LogP contribution in [-0.2, 0) is 20.2 Å². The first-order valence-electron chi connectivity index (χ1n) is 5.54. The summed E-state index contributed by atoms with van der Waals surface area (Å²) in [4.78, 5) is 11.5. The predicted octanol–water partition coefficient (Wildman–Crippen LogP) is 1.85. The molecule has 0 aliphatic heterocycles. The number of aryl methyl sites for hydroxylation is 1. The van der Waals surface area contributed by atoms with Crippen LogP contribution in [0.1, 0.15) is 43.4 Å². The molecule has 1 heterocycles. The van der Waals surface area contributed by atoms with Gasteiger partial charge in [-0.1, -0.05) is 13.8 Å². The summed E-state index contributed by atoms with van der Waals surface area (Å²) in [6, 6.07) is 0. The zero-order chi connectivity index (χ0) is 13.9. The summed E-state index contributed by atoms with van der Waals surface area (Å²) in [6.45, 7) is 5.28. The summed E-state index contributed by atoms with van der Waals surface area (Å²) in [5, 5.41) is 6.17. The first-order valence-corrected chi connectivity index (χ1v) is 7.85. The zero-order valence-corrected chi connectivity index (χ0v) is 11.9. The molecule has 0 saturated carbocycles. The van der Waals surface area contributed by atoms with E-state index in [0.29, 0.717) is 18.5 Å². The quantitative estimate of drug-likeness (QED) is 0.661. The highest BCUT2D eigenvalue weighted by atomic mass is 35.7. The minimum absolute atomic E-state index is 0.290. The van der Waals surface area contributed by atoms with Crippen LogP contribution < -0.4 is 0 Å². The molecular weight excluding hydrogens is 280 g/mol. The molecule has 1 N–H and O–H groups in total. The molecule has 0 fully saturated rings. The number of H-pyrrole nitrogens is 1. The van der Waals surface area contributed by atoms with Gasteiger partial charge in [-0.05, 0) is 19.8 Å². The van der Waals surface area contributed by atoms with Gasteiger partial charge in [0.15, 0.2) is 5.69 Å². The molecule has 1 aromatic heterocycles. The monoisotopic (exact) mass is 294 g/mol. The Morgan fingerprint density at radius 2 is 2.11 bits per heavy atom. The van der Waals surface area contributed by atoms with Gasteiger partial charge in [0, 0.05) is 10.7 Å². The third kappa shape index (κ3) is 3.23. The summed E-state index contributed by atoms with van der Waals surface area (Å²) in [6.07, 6.45) is 0.676. The number of ether oxygens (including phenoxy) is 1. The molecule has 6 nitrogen and oxygen atoms in total. The lowest BCUT2D eigenvalue weighted by molar-refractivity contribution is 0.0323. The van der Waals surface area contributed by atoms with Crippen molar-refractivity contribution in [2.75, 3.05) is 0 Å². The van der Waals surface area contributed by atoms with E-state index in [4.69, 9.17) is 15.4 Å². The lowest BCUT2D eigenvalue weighted by atomic mass is 10.3. The van der Waals surface area contributed by atoms with E-state index in [1.54, 1.807) is 13.8 Å². The van der Waals surface area contributed by atoms with Gasteiger partial charge in [-0.15, -0.1) is 0 Å². The van der Waals surface area contributed by atoms with E-state index in [1.165, 1.54) is 0 Å². The molecule has 8 heteroatoms. The highest BCUT2D eigenvalue weighted by Gasteiger charge is 2.29. The molecule has 0 amide bonds. The van der Waals surface area contributed by atoms with Crippen molar-refractivity contribution < 1.29 is 17.9 Å². The summed E-state index contributed by atoms with van der Waals surface area (Å²) in [5.41, 5.74) is 0.00301. The Labute approximate surface area is 110 Å². The molecule has 0 radical (unpaired) electrons. The van der Waals surface area contributed by atoms with Gasteiger partial charge >= 0.3 is 5.97 Å². The van der Waals surface area contributed by atoms with E-state index in [-0.39, 0.29) is 16.7 Å². The number of carbonyl (C=O) groups is 1. The van der Waals surface area contributed by atoms with Crippen molar-refractivity contribution in [1.82, 2.24) is 10.2 Å². The number of rotatable bonds is 5. The first-order chi connectivity index (χ1) is 8.31. The summed E-state index contributed by atoms with van der Waals surface area (Å²) in [7, 11) is 1.27. The van der Waals surface area contributed by atoms with Crippen molar-refractivity contribution in [2.24, 2.45) is 0 Å².